The maximum absolute atomic E-state index is 14.2. The first-order valence-corrected chi connectivity index (χ1v) is 7.36. The van der Waals surface area contributed by atoms with E-state index in [0.29, 0.717) is 16.5 Å². The van der Waals surface area contributed by atoms with Crippen LogP contribution in [0.1, 0.15) is 5.56 Å². The lowest BCUT2D eigenvalue weighted by molar-refractivity contribution is 0.0435. The van der Waals surface area contributed by atoms with E-state index in [9.17, 15) is 9.50 Å². The Labute approximate surface area is 122 Å². The zero-order chi connectivity index (χ0) is 14.2. The fourth-order valence-electron chi connectivity index (χ4n) is 2.97. The number of nitrogens with one attached hydrogen (secondary N) is 1. The molecule has 0 aliphatic carbocycles. The molecule has 0 unspecified atom stereocenters. The van der Waals surface area contributed by atoms with Crippen LogP contribution >= 0.6 is 11.8 Å². The van der Waals surface area contributed by atoms with Gasteiger partial charge in [0.05, 0.1) is 24.9 Å². The van der Waals surface area contributed by atoms with E-state index < -0.39 is 5.54 Å². The number of hydrogen-bond acceptors (Lipinski definition) is 4. The van der Waals surface area contributed by atoms with Crippen LogP contribution in [0.15, 0.2) is 29.2 Å². The highest BCUT2D eigenvalue weighted by Gasteiger charge is 2.54. The van der Waals surface area contributed by atoms with Gasteiger partial charge in [-0.2, -0.15) is 0 Å². The van der Waals surface area contributed by atoms with Crippen molar-refractivity contribution >= 4 is 24.9 Å². The van der Waals surface area contributed by atoms with Crippen LogP contribution in [0.5, 0.6) is 0 Å². The normalized spacial score (nSPS) is 34.8. The lowest BCUT2D eigenvalue weighted by Crippen LogP contribution is -2.56. The van der Waals surface area contributed by atoms with Crippen molar-refractivity contribution in [3.05, 3.63) is 35.6 Å². The van der Waals surface area contributed by atoms with Crippen LogP contribution in [0.4, 0.5) is 4.39 Å². The summed E-state index contributed by atoms with van der Waals surface area (Å²) < 4.78 is 19.9. The third kappa shape index (κ3) is 2.04. The summed E-state index contributed by atoms with van der Waals surface area (Å²) in [6.07, 6.45) is -0.311. The molecule has 2 radical (unpaired) electrons. The topological polar surface area (TPSA) is 53.9 Å². The van der Waals surface area contributed by atoms with Gasteiger partial charge < -0.3 is 20.1 Å². The van der Waals surface area contributed by atoms with Crippen LogP contribution in [0, 0.1) is 11.7 Å². The van der Waals surface area contributed by atoms with Crippen molar-refractivity contribution < 1.29 is 14.2 Å². The zero-order valence-electron chi connectivity index (χ0n) is 10.8. The van der Waals surface area contributed by atoms with E-state index >= 15 is 0 Å². The molecule has 4 nitrogen and oxygen atoms in total. The van der Waals surface area contributed by atoms with Gasteiger partial charge in [0.2, 0.25) is 0 Å². The Bertz CT molecular complexity index is 545. The molecule has 20 heavy (non-hydrogen) atoms. The molecule has 2 heterocycles. The Morgan fingerprint density at radius 3 is 3.05 bits per heavy atom. The Balaban J connectivity index is 2.07. The molecule has 1 aromatic rings. The molecule has 2 N–H and O–H groups in total. The quantitative estimate of drug-likeness (QED) is 0.792. The van der Waals surface area contributed by atoms with Crippen LogP contribution in [-0.4, -0.2) is 43.3 Å². The summed E-state index contributed by atoms with van der Waals surface area (Å²) in [5, 5.41) is 13.2. The largest absolute Gasteiger partial charge is 0.394 e. The molecule has 1 aromatic carbocycles. The van der Waals surface area contributed by atoms with Crippen molar-refractivity contribution in [2.24, 2.45) is 10.8 Å². The Morgan fingerprint density at radius 1 is 1.55 bits per heavy atom. The number of fused-ring (bicyclic) bond motifs is 1. The smallest absolute Gasteiger partial charge is 0.263 e. The number of rotatable bonds is 2. The molecule has 7 heteroatoms. The Kier molecular flexibility index (Phi) is 3.75. The predicted octanol–water partition coefficient (Wildman–Crippen LogP) is 0.804. The number of aliphatic hydroxyl groups is 1. The molecule has 0 aromatic heterocycles. The molecule has 0 bridgehead atoms. The van der Waals surface area contributed by atoms with Crippen LogP contribution < -0.4 is 5.32 Å². The number of thioether (sulfide) groups is 1. The van der Waals surface area contributed by atoms with E-state index in [1.54, 1.807) is 18.2 Å². The first kappa shape index (κ1) is 13.9. The molecular weight excluding hydrogens is 278 g/mol. The van der Waals surface area contributed by atoms with Gasteiger partial charge in [-0.3, -0.25) is 0 Å². The van der Waals surface area contributed by atoms with Crippen molar-refractivity contribution in [1.82, 2.24) is 5.32 Å². The average molecular weight is 292 g/mol. The molecule has 0 spiro atoms. The third-order valence-corrected chi connectivity index (χ3v) is 4.99. The minimum absolute atomic E-state index is 0.0418. The van der Waals surface area contributed by atoms with Crippen molar-refractivity contribution in [2.75, 3.05) is 19.0 Å². The second-order valence-electron chi connectivity index (χ2n) is 4.96. The molecule has 0 saturated carbocycles. The highest BCUT2D eigenvalue weighted by atomic mass is 32.2. The van der Waals surface area contributed by atoms with Crippen LogP contribution in [0.3, 0.4) is 0 Å². The number of aliphatic hydroxyl groups excluding tert-OH is 1. The van der Waals surface area contributed by atoms with E-state index in [0.717, 1.165) is 0 Å². The lowest BCUT2D eigenvalue weighted by Gasteiger charge is -2.41. The summed E-state index contributed by atoms with van der Waals surface area (Å²) in [4.78, 5) is 3.69. The summed E-state index contributed by atoms with van der Waals surface area (Å²) in [5.74, 6) is 0.332. The Morgan fingerprint density at radius 2 is 2.35 bits per heavy atom. The molecule has 2 aliphatic heterocycles. The van der Waals surface area contributed by atoms with Gasteiger partial charge in [0.25, 0.3) is 7.98 Å². The zero-order valence-corrected chi connectivity index (χ0v) is 11.6. The summed E-state index contributed by atoms with van der Waals surface area (Å²) in [6, 6.07) is 6.61. The van der Waals surface area contributed by atoms with Gasteiger partial charge in [0, 0.05) is 17.2 Å². The van der Waals surface area contributed by atoms with Crippen molar-refractivity contribution in [3.8, 4) is 0 Å². The number of amidine groups is 1. The fraction of sp³-hybridized carbons (Fsp3) is 0.462. The van der Waals surface area contributed by atoms with E-state index in [-0.39, 0.29) is 31.1 Å². The average Bonchev–Trinajstić information content (AvgIpc) is 2.86. The molecule has 3 rings (SSSR count). The summed E-state index contributed by atoms with van der Waals surface area (Å²) in [5.41, 5.74) is -0.190. The van der Waals surface area contributed by atoms with Crippen molar-refractivity contribution in [1.29, 1.82) is 0 Å². The Hall–Kier alpha value is -1.05. The van der Waals surface area contributed by atoms with Crippen LogP contribution in [-0.2, 0) is 10.3 Å². The highest BCUT2D eigenvalue weighted by molar-refractivity contribution is 8.13. The van der Waals surface area contributed by atoms with Gasteiger partial charge >= 0.3 is 0 Å². The fourth-order valence-corrected chi connectivity index (χ4v) is 4.14. The summed E-state index contributed by atoms with van der Waals surface area (Å²) in [7, 11) is 5.35. The maximum atomic E-state index is 14.2. The minimum Gasteiger partial charge on any atom is -0.394 e. The molecule has 2 saturated heterocycles. The van der Waals surface area contributed by atoms with E-state index in [1.807, 2.05) is 0 Å². The van der Waals surface area contributed by atoms with E-state index in [2.05, 4.69) is 10.2 Å². The van der Waals surface area contributed by atoms with Gasteiger partial charge in [-0.15, -0.1) is 0 Å². The lowest BCUT2D eigenvalue weighted by atomic mass is 9.78. The number of halogens is 1. The van der Waals surface area contributed by atoms with Gasteiger partial charge in [-0.25, -0.2) is 4.39 Å². The first-order chi connectivity index (χ1) is 9.71. The second-order valence-corrected chi connectivity index (χ2v) is 5.97. The number of hydrogen-bond donors (Lipinski definition) is 2. The molecule has 3 atom stereocenters. The summed E-state index contributed by atoms with van der Waals surface area (Å²) in [6.45, 7) is 0.196. The number of nitrogens with zero attached hydrogens (tertiary/aromatic N) is 1. The van der Waals surface area contributed by atoms with E-state index in [4.69, 9.17) is 12.7 Å². The summed E-state index contributed by atoms with van der Waals surface area (Å²) >= 11 is 1.46. The van der Waals surface area contributed by atoms with Gasteiger partial charge in [0.15, 0.2) is 0 Å². The number of ether oxygens (including phenoxy) is 1. The van der Waals surface area contributed by atoms with Gasteiger partial charge in [0.1, 0.15) is 11.0 Å². The highest BCUT2D eigenvalue weighted by Crippen LogP contribution is 2.45. The van der Waals surface area contributed by atoms with Crippen molar-refractivity contribution in [2.45, 2.75) is 11.6 Å². The van der Waals surface area contributed by atoms with E-state index in [1.165, 1.54) is 17.8 Å². The molecule has 2 aliphatic rings. The first-order valence-electron chi connectivity index (χ1n) is 6.37. The van der Waals surface area contributed by atoms with Gasteiger partial charge in [-0.1, -0.05) is 30.0 Å². The van der Waals surface area contributed by atoms with Crippen molar-refractivity contribution in [3.63, 3.8) is 0 Å². The third-order valence-electron chi connectivity index (χ3n) is 3.99. The second kappa shape index (κ2) is 5.39. The molecule has 0 amide bonds. The minimum atomic E-state index is -0.720. The number of benzene rings is 1. The van der Waals surface area contributed by atoms with Gasteiger partial charge in [-0.05, 0) is 6.07 Å². The van der Waals surface area contributed by atoms with Crippen LogP contribution in [0.2, 0.25) is 0 Å². The molecule has 2 fully saturated rings. The predicted molar refractivity (Wildman–Crippen MR) is 77.2 cm³/mol. The SMILES string of the molecule is [B]N=C1N[C@@]2(c3ccccc3F)CO[C@H](CO)[C@H]2CS1. The monoisotopic (exact) mass is 292 g/mol. The molecule has 104 valence electrons. The maximum Gasteiger partial charge on any atom is 0.263 e. The standard InChI is InChI=1S/C13H14BFN2O2S/c14-17-12-16-13(8-3-1-2-4-10(8)15)7-19-11(5-18)9(13)6-20-12/h1-4,9,11,18H,5-7H2,(H,16,17)/t9-,11-,13-/m1/s1. The van der Waals surface area contributed by atoms with Crippen LogP contribution in [0.25, 0.3) is 0 Å². The molecular formula is C13H14BFN2O2S.